The summed E-state index contributed by atoms with van der Waals surface area (Å²) in [6, 6.07) is 0. The first-order valence-electron chi connectivity index (χ1n) is 7.11. The van der Waals surface area contributed by atoms with E-state index in [1.807, 2.05) is 0 Å². The fraction of sp³-hybridized carbons (Fsp3) is 0.933. The van der Waals surface area contributed by atoms with E-state index in [2.05, 4.69) is 26.1 Å². The van der Waals surface area contributed by atoms with Gasteiger partial charge >= 0.3 is 5.97 Å². The van der Waals surface area contributed by atoms with E-state index in [1.54, 1.807) is 7.11 Å². The van der Waals surface area contributed by atoms with Crippen LogP contribution in [0.5, 0.6) is 0 Å². The predicted octanol–water partition coefficient (Wildman–Crippen LogP) is 2.23. The Hall–Kier alpha value is -0.610. The molecule has 0 saturated carbocycles. The molecule has 19 heavy (non-hydrogen) atoms. The number of methoxy groups -OCH3 is 2. The van der Waals surface area contributed by atoms with Crippen molar-refractivity contribution in [3.05, 3.63) is 0 Å². The van der Waals surface area contributed by atoms with Crippen molar-refractivity contribution in [2.24, 2.45) is 16.7 Å². The lowest BCUT2D eigenvalue weighted by atomic mass is 9.70. The van der Waals surface area contributed by atoms with Crippen LogP contribution in [0.4, 0.5) is 0 Å². The molecule has 0 radical (unpaired) electrons. The summed E-state index contributed by atoms with van der Waals surface area (Å²) < 4.78 is 10.2. The topological polar surface area (TPSA) is 47.6 Å². The minimum absolute atomic E-state index is 0.101. The van der Waals surface area contributed by atoms with Gasteiger partial charge in [0, 0.05) is 20.3 Å². The van der Waals surface area contributed by atoms with Crippen LogP contribution in [-0.4, -0.2) is 39.9 Å². The number of hydrogen-bond donors (Lipinski definition) is 1. The molecule has 1 rings (SSSR count). The number of nitrogens with one attached hydrogen (secondary N) is 1. The van der Waals surface area contributed by atoms with E-state index in [-0.39, 0.29) is 11.4 Å². The standard InChI is InChI=1S/C15H29NO3/c1-14(2,3)8-12-9-15(6-7-18-4,11-16-10-12)13(17)19-5/h12,16H,6-11H2,1-5H3/t12?,15-/m1/s1. The molecule has 4 nitrogen and oxygen atoms in total. The molecule has 0 aromatic heterocycles. The molecule has 1 heterocycles. The Morgan fingerprint density at radius 3 is 2.58 bits per heavy atom. The summed E-state index contributed by atoms with van der Waals surface area (Å²) in [5, 5.41) is 3.42. The molecule has 0 amide bonds. The second-order valence-corrected chi connectivity index (χ2v) is 6.98. The zero-order valence-corrected chi connectivity index (χ0v) is 13.0. The Morgan fingerprint density at radius 1 is 1.37 bits per heavy atom. The normalized spacial score (nSPS) is 28.2. The van der Waals surface area contributed by atoms with Crippen molar-refractivity contribution in [2.75, 3.05) is 33.9 Å². The van der Waals surface area contributed by atoms with Gasteiger partial charge in [0.05, 0.1) is 12.5 Å². The van der Waals surface area contributed by atoms with Crippen LogP contribution in [0.15, 0.2) is 0 Å². The van der Waals surface area contributed by atoms with Crippen molar-refractivity contribution >= 4 is 5.97 Å². The SMILES string of the molecule is COCC[C@]1(C(=O)OC)CNCC(CC(C)(C)C)C1. The summed E-state index contributed by atoms with van der Waals surface area (Å²) in [5.41, 5.74) is -0.133. The van der Waals surface area contributed by atoms with E-state index in [9.17, 15) is 4.79 Å². The van der Waals surface area contributed by atoms with Gasteiger partial charge in [-0.05, 0) is 37.1 Å². The molecule has 1 fully saturated rings. The Balaban J connectivity index is 2.76. The summed E-state index contributed by atoms with van der Waals surface area (Å²) in [5.74, 6) is 0.417. The smallest absolute Gasteiger partial charge is 0.313 e. The Bertz CT molecular complexity index is 298. The maximum atomic E-state index is 12.2. The van der Waals surface area contributed by atoms with Gasteiger partial charge in [-0.2, -0.15) is 0 Å². The second kappa shape index (κ2) is 6.71. The number of carbonyl (C=O) groups is 1. The van der Waals surface area contributed by atoms with Crippen LogP contribution < -0.4 is 5.32 Å². The van der Waals surface area contributed by atoms with Gasteiger partial charge < -0.3 is 14.8 Å². The highest BCUT2D eigenvalue weighted by atomic mass is 16.5. The van der Waals surface area contributed by atoms with Gasteiger partial charge in [-0.15, -0.1) is 0 Å². The van der Waals surface area contributed by atoms with E-state index >= 15 is 0 Å². The van der Waals surface area contributed by atoms with E-state index in [1.165, 1.54) is 7.11 Å². The molecule has 1 aliphatic rings. The highest BCUT2D eigenvalue weighted by Crippen LogP contribution is 2.38. The molecule has 2 atom stereocenters. The first-order chi connectivity index (χ1) is 8.83. The van der Waals surface area contributed by atoms with Crippen molar-refractivity contribution in [3.8, 4) is 0 Å². The Kier molecular flexibility index (Phi) is 5.81. The first kappa shape index (κ1) is 16.4. The molecule has 0 aliphatic carbocycles. The molecule has 4 heteroatoms. The number of rotatable bonds is 5. The summed E-state index contributed by atoms with van der Waals surface area (Å²) in [6.45, 7) is 9.02. The summed E-state index contributed by atoms with van der Waals surface area (Å²) in [4.78, 5) is 12.2. The van der Waals surface area contributed by atoms with E-state index < -0.39 is 5.41 Å². The van der Waals surface area contributed by atoms with Crippen molar-refractivity contribution in [3.63, 3.8) is 0 Å². The molecular weight excluding hydrogens is 242 g/mol. The zero-order chi connectivity index (χ0) is 14.5. The molecule has 1 unspecified atom stereocenters. The molecule has 1 N–H and O–H groups in total. The van der Waals surface area contributed by atoms with Gasteiger partial charge in [-0.1, -0.05) is 20.8 Å². The fourth-order valence-electron chi connectivity index (χ4n) is 3.18. The van der Waals surface area contributed by atoms with Gasteiger partial charge in [-0.3, -0.25) is 4.79 Å². The lowest BCUT2D eigenvalue weighted by molar-refractivity contribution is -0.156. The zero-order valence-electron chi connectivity index (χ0n) is 13.0. The van der Waals surface area contributed by atoms with Crippen molar-refractivity contribution in [1.82, 2.24) is 5.32 Å². The summed E-state index contributed by atoms with van der Waals surface area (Å²) in [7, 11) is 3.15. The van der Waals surface area contributed by atoms with Gasteiger partial charge in [0.2, 0.25) is 0 Å². The average Bonchev–Trinajstić information content (AvgIpc) is 2.33. The Labute approximate surface area is 117 Å². The lowest BCUT2D eigenvalue weighted by Crippen LogP contribution is -2.50. The lowest BCUT2D eigenvalue weighted by Gasteiger charge is -2.41. The average molecular weight is 271 g/mol. The third kappa shape index (κ3) is 4.77. The fourth-order valence-corrected chi connectivity index (χ4v) is 3.18. The largest absolute Gasteiger partial charge is 0.469 e. The highest BCUT2D eigenvalue weighted by molar-refractivity contribution is 5.77. The molecule has 0 spiro atoms. The van der Waals surface area contributed by atoms with Crippen LogP contribution in [0.25, 0.3) is 0 Å². The predicted molar refractivity (Wildman–Crippen MR) is 76.0 cm³/mol. The van der Waals surface area contributed by atoms with Crippen LogP contribution >= 0.6 is 0 Å². The maximum Gasteiger partial charge on any atom is 0.313 e. The Morgan fingerprint density at radius 2 is 2.05 bits per heavy atom. The molecule has 112 valence electrons. The van der Waals surface area contributed by atoms with E-state index in [0.717, 1.165) is 25.8 Å². The molecule has 0 aromatic rings. The maximum absolute atomic E-state index is 12.2. The highest BCUT2D eigenvalue weighted by Gasteiger charge is 2.44. The molecule has 1 aliphatic heterocycles. The third-order valence-corrected chi connectivity index (χ3v) is 3.88. The first-order valence-corrected chi connectivity index (χ1v) is 7.11. The van der Waals surface area contributed by atoms with Crippen LogP contribution in [0, 0.1) is 16.7 Å². The molecule has 0 bridgehead atoms. The molecular formula is C15H29NO3. The monoisotopic (exact) mass is 271 g/mol. The minimum Gasteiger partial charge on any atom is -0.469 e. The van der Waals surface area contributed by atoms with E-state index in [4.69, 9.17) is 9.47 Å². The number of esters is 1. The van der Waals surface area contributed by atoms with Crippen LogP contribution in [0.2, 0.25) is 0 Å². The van der Waals surface area contributed by atoms with Crippen molar-refractivity contribution in [2.45, 2.75) is 40.0 Å². The van der Waals surface area contributed by atoms with Gasteiger partial charge in [-0.25, -0.2) is 0 Å². The second-order valence-electron chi connectivity index (χ2n) is 6.98. The molecule has 1 saturated heterocycles. The number of hydrogen-bond acceptors (Lipinski definition) is 4. The number of piperidine rings is 1. The third-order valence-electron chi connectivity index (χ3n) is 3.88. The molecule has 0 aromatic carbocycles. The summed E-state index contributed by atoms with van der Waals surface area (Å²) in [6.07, 6.45) is 2.74. The van der Waals surface area contributed by atoms with Gasteiger partial charge in [0.15, 0.2) is 0 Å². The van der Waals surface area contributed by atoms with E-state index in [0.29, 0.717) is 19.1 Å². The number of carbonyl (C=O) groups excluding carboxylic acids is 1. The van der Waals surface area contributed by atoms with Crippen molar-refractivity contribution < 1.29 is 14.3 Å². The van der Waals surface area contributed by atoms with Crippen molar-refractivity contribution in [1.29, 1.82) is 0 Å². The summed E-state index contributed by atoms with van der Waals surface area (Å²) >= 11 is 0. The quantitative estimate of drug-likeness (QED) is 0.779. The van der Waals surface area contributed by atoms with Gasteiger partial charge in [0.1, 0.15) is 0 Å². The number of ether oxygens (including phenoxy) is 2. The minimum atomic E-state index is -0.418. The van der Waals surface area contributed by atoms with Gasteiger partial charge in [0.25, 0.3) is 0 Å². The van der Waals surface area contributed by atoms with Crippen LogP contribution in [-0.2, 0) is 14.3 Å². The van der Waals surface area contributed by atoms with Crippen LogP contribution in [0.1, 0.15) is 40.0 Å². The van der Waals surface area contributed by atoms with Crippen LogP contribution in [0.3, 0.4) is 0 Å².